The van der Waals surface area contributed by atoms with Gasteiger partial charge in [-0.2, -0.15) is 5.10 Å². The number of aryl methyl sites for hydroxylation is 2. The Balaban J connectivity index is 1.75. The van der Waals surface area contributed by atoms with Crippen LogP contribution in [0.25, 0.3) is 0 Å². The zero-order valence-corrected chi connectivity index (χ0v) is 9.79. The molecule has 84 valence electrons. The highest BCUT2D eigenvalue weighted by atomic mass is 15.3. The highest BCUT2D eigenvalue weighted by molar-refractivity contribution is 5.08. The summed E-state index contributed by atoms with van der Waals surface area (Å²) < 4.78 is 1.97. The van der Waals surface area contributed by atoms with Crippen LogP contribution < -0.4 is 5.32 Å². The van der Waals surface area contributed by atoms with Crippen LogP contribution in [0.4, 0.5) is 0 Å². The molecular formula is C12H21N3. The fraction of sp³-hybridized carbons (Fsp3) is 0.750. The van der Waals surface area contributed by atoms with Gasteiger partial charge in [0.15, 0.2) is 0 Å². The molecule has 15 heavy (non-hydrogen) atoms. The number of rotatable bonds is 4. The lowest BCUT2D eigenvalue weighted by Crippen LogP contribution is -2.22. The van der Waals surface area contributed by atoms with Crippen LogP contribution in [0.2, 0.25) is 0 Å². The van der Waals surface area contributed by atoms with E-state index in [4.69, 9.17) is 0 Å². The van der Waals surface area contributed by atoms with Crippen LogP contribution in [0.15, 0.2) is 6.07 Å². The summed E-state index contributed by atoms with van der Waals surface area (Å²) in [5.41, 5.74) is 2.39. The first-order valence-electron chi connectivity index (χ1n) is 5.96. The Kier molecular flexibility index (Phi) is 3.41. The van der Waals surface area contributed by atoms with Crippen molar-refractivity contribution in [3.05, 3.63) is 17.5 Å². The fourth-order valence-electron chi connectivity index (χ4n) is 2.45. The van der Waals surface area contributed by atoms with E-state index >= 15 is 0 Å². The van der Waals surface area contributed by atoms with E-state index in [9.17, 15) is 0 Å². The van der Waals surface area contributed by atoms with Crippen LogP contribution in [-0.4, -0.2) is 16.3 Å². The molecule has 2 rings (SSSR count). The maximum atomic E-state index is 4.34. The zero-order chi connectivity index (χ0) is 10.7. The normalized spacial score (nSPS) is 17.5. The van der Waals surface area contributed by atoms with Crippen molar-refractivity contribution in [2.45, 2.75) is 39.2 Å². The van der Waals surface area contributed by atoms with Gasteiger partial charge in [0.05, 0.1) is 11.4 Å². The third-order valence-corrected chi connectivity index (χ3v) is 3.31. The summed E-state index contributed by atoms with van der Waals surface area (Å²) >= 11 is 0. The summed E-state index contributed by atoms with van der Waals surface area (Å²) in [6, 6.07) is 2.15. The van der Waals surface area contributed by atoms with Gasteiger partial charge in [-0.25, -0.2) is 0 Å². The molecule has 1 aromatic heterocycles. The van der Waals surface area contributed by atoms with Crippen molar-refractivity contribution < 1.29 is 0 Å². The van der Waals surface area contributed by atoms with Gasteiger partial charge in [-0.15, -0.1) is 0 Å². The Morgan fingerprint density at radius 2 is 2.20 bits per heavy atom. The first-order chi connectivity index (χ1) is 7.25. The summed E-state index contributed by atoms with van der Waals surface area (Å²) in [6.45, 7) is 4.17. The van der Waals surface area contributed by atoms with Gasteiger partial charge < -0.3 is 5.32 Å². The zero-order valence-electron chi connectivity index (χ0n) is 9.79. The number of nitrogens with one attached hydrogen (secondary N) is 1. The van der Waals surface area contributed by atoms with Crippen LogP contribution in [0.5, 0.6) is 0 Å². The quantitative estimate of drug-likeness (QED) is 0.818. The number of nitrogens with zero attached hydrogens (tertiary/aromatic N) is 2. The van der Waals surface area contributed by atoms with Crippen LogP contribution in [0, 0.1) is 12.8 Å². The molecule has 3 nitrogen and oxygen atoms in total. The molecule has 1 saturated carbocycles. The number of hydrogen-bond donors (Lipinski definition) is 1. The molecule has 0 atom stereocenters. The summed E-state index contributed by atoms with van der Waals surface area (Å²) in [7, 11) is 2.01. The highest BCUT2D eigenvalue weighted by Gasteiger charge is 2.14. The predicted octanol–water partition coefficient (Wildman–Crippen LogP) is 2.01. The molecule has 1 aromatic rings. The largest absolute Gasteiger partial charge is 0.311 e. The average molecular weight is 207 g/mol. The van der Waals surface area contributed by atoms with E-state index < -0.39 is 0 Å². The number of hydrogen-bond acceptors (Lipinski definition) is 2. The van der Waals surface area contributed by atoms with Gasteiger partial charge in [-0.05, 0) is 38.3 Å². The Hall–Kier alpha value is -0.830. The molecular weight excluding hydrogens is 186 g/mol. The van der Waals surface area contributed by atoms with Gasteiger partial charge >= 0.3 is 0 Å². The molecule has 1 N–H and O–H groups in total. The van der Waals surface area contributed by atoms with Crippen LogP contribution in [0.1, 0.15) is 37.1 Å². The average Bonchev–Trinajstić information content (AvgIpc) is 2.77. The first-order valence-corrected chi connectivity index (χ1v) is 5.96. The van der Waals surface area contributed by atoms with Crippen molar-refractivity contribution in [3.8, 4) is 0 Å². The second kappa shape index (κ2) is 4.79. The molecule has 0 unspecified atom stereocenters. The predicted molar refractivity (Wildman–Crippen MR) is 61.6 cm³/mol. The van der Waals surface area contributed by atoms with E-state index in [-0.39, 0.29) is 0 Å². The van der Waals surface area contributed by atoms with Gasteiger partial charge in [0, 0.05) is 13.6 Å². The molecule has 3 heteroatoms. The lowest BCUT2D eigenvalue weighted by atomic mass is 10.1. The van der Waals surface area contributed by atoms with Crippen molar-refractivity contribution >= 4 is 0 Å². The molecule has 0 radical (unpaired) electrons. The third-order valence-electron chi connectivity index (χ3n) is 3.31. The van der Waals surface area contributed by atoms with Crippen molar-refractivity contribution in [1.29, 1.82) is 0 Å². The van der Waals surface area contributed by atoms with Crippen molar-refractivity contribution in [3.63, 3.8) is 0 Å². The molecule has 1 aliphatic rings. The molecule has 0 spiro atoms. The van der Waals surface area contributed by atoms with Crippen LogP contribution in [-0.2, 0) is 13.6 Å². The minimum atomic E-state index is 0.916. The maximum Gasteiger partial charge on any atom is 0.0597 e. The molecule has 0 amide bonds. The van der Waals surface area contributed by atoms with E-state index in [1.54, 1.807) is 0 Å². The van der Waals surface area contributed by atoms with Gasteiger partial charge in [0.25, 0.3) is 0 Å². The Morgan fingerprint density at radius 3 is 2.80 bits per heavy atom. The van der Waals surface area contributed by atoms with Crippen molar-refractivity contribution in [2.24, 2.45) is 13.0 Å². The van der Waals surface area contributed by atoms with Gasteiger partial charge in [-0.1, -0.05) is 12.8 Å². The minimum absolute atomic E-state index is 0.916. The Bertz CT molecular complexity index is 311. The van der Waals surface area contributed by atoms with Gasteiger partial charge in [0.2, 0.25) is 0 Å². The second-order valence-electron chi connectivity index (χ2n) is 4.68. The van der Waals surface area contributed by atoms with Gasteiger partial charge in [-0.3, -0.25) is 4.68 Å². The molecule has 0 aromatic carbocycles. The molecule has 1 aliphatic carbocycles. The Labute approximate surface area is 91.9 Å². The van der Waals surface area contributed by atoms with Crippen LogP contribution >= 0.6 is 0 Å². The lowest BCUT2D eigenvalue weighted by molar-refractivity contribution is 0.481. The first kappa shape index (κ1) is 10.7. The lowest BCUT2D eigenvalue weighted by Gasteiger charge is -2.10. The summed E-state index contributed by atoms with van der Waals surface area (Å²) in [4.78, 5) is 0. The monoisotopic (exact) mass is 207 g/mol. The van der Waals surface area contributed by atoms with Crippen molar-refractivity contribution in [2.75, 3.05) is 6.54 Å². The fourth-order valence-corrected chi connectivity index (χ4v) is 2.45. The SMILES string of the molecule is Cc1cc(CNCC2CCCC2)n(C)n1. The second-order valence-corrected chi connectivity index (χ2v) is 4.68. The van der Waals surface area contributed by atoms with E-state index in [1.165, 1.54) is 37.9 Å². The summed E-state index contributed by atoms with van der Waals surface area (Å²) in [5.74, 6) is 0.916. The van der Waals surface area contributed by atoms with Crippen LogP contribution in [0.3, 0.4) is 0 Å². The minimum Gasteiger partial charge on any atom is -0.311 e. The smallest absolute Gasteiger partial charge is 0.0597 e. The molecule has 1 heterocycles. The number of aromatic nitrogens is 2. The molecule has 0 aliphatic heterocycles. The third kappa shape index (κ3) is 2.81. The van der Waals surface area contributed by atoms with E-state index in [0.29, 0.717) is 0 Å². The molecule has 1 fully saturated rings. The molecule has 0 bridgehead atoms. The van der Waals surface area contributed by atoms with E-state index in [0.717, 1.165) is 18.2 Å². The highest BCUT2D eigenvalue weighted by Crippen LogP contribution is 2.23. The summed E-state index contributed by atoms with van der Waals surface area (Å²) in [6.07, 6.45) is 5.68. The van der Waals surface area contributed by atoms with E-state index in [2.05, 4.69) is 16.5 Å². The maximum absolute atomic E-state index is 4.34. The standard InChI is InChI=1S/C12H21N3/c1-10-7-12(15(2)14-10)9-13-8-11-5-3-4-6-11/h7,11,13H,3-6,8-9H2,1-2H3. The van der Waals surface area contributed by atoms with Crippen molar-refractivity contribution in [1.82, 2.24) is 15.1 Å². The van der Waals surface area contributed by atoms with Gasteiger partial charge in [0.1, 0.15) is 0 Å². The Morgan fingerprint density at radius 1 is 1.47 bits per heavy atom. The topological polar surface area (TPSA) is 29.9 Å². The molecule has 0 saturated heterocycles. The van der Waals surface area contributed by atoms with E-state index in [1.807, 2.05) is 18.7 Å². The summed E-state index contributed by atoms with van der Waals surface area (Å²) in [5, 5.41) is 7.88.